The fourth-order valence-corrected chi connectivity index (χ4v) is 7.56. The SMILES string of the molecule is C=CC(=CN(N)Cc1cccs1)c1nc(C2(NC3C(N4CCCC(NC(=O)OC(C)(C)C)C4)=CCC(NC(=O)OC(C)(C)C)=C3C)CO2)cs1. The fourth-order valence-electron chi connectivity index (χ4n) is 5.96. The lowest BCUT2D eigenvalue weighted by atomic mass is 9.91. The quantitative estimate of drug-likeness (QED) is 0.0898. The summed E-state index contributed by atoms with van der Waals surface area (Å²) in [7, 11) is 0. The van der Waals surface area contributed by atoms with Crippen molar-refractivity contribution in [3.8, 4) is 0 Å². The van der Waals surface area contributed by atoms with Gasteiger partial charge >= 0.3 is 12.2 Å². The predicted octanol–water partition coefficient (Wildman–Crippen LogP) is 6.32. The van der Waals surface area contributed by atoms with E-state index in [0.717, 1.165) is 57.5 Å². The molecule has 5 rings (SSSR count). The summed E-state index contributed by atoms with van der Waals surface area (Å²) in [6.45, 7) is 19.6. The van der Waals surface area contributed by atoms with Crippen molar-refractivity contribution < 1.29 is 23.8 Å². The molecule has 0 spiro atoms. The lowest BCUT2D eigenvalue weighted by Crippen LogP contribution is -2.53. The number of carbonyl (C=O) groups is 2. The highest BCUT2D eigenvalue weighted by atomic mass is 32.1. The Labute approximate surface area is 303 Å². The first-order valence-corrected chi connectivity index (χ1v) is 18.7. The number of carbonyl (C=O) groups excluding carboxylic acids is 2. The van der Waals surface area contributed by atoms with Crippen molar-refractivity contribution in [2.24, 2.45) is 5.84 Å². The normalized spacial score (nSPS) is 22.8. The molecule has 272 valence electrons. The number of allylic oxidation sites excluding steroid dienone is 3. The number of alkyl carbamates (subject to hydrolysis) is 2. The molecule has 12 nitrogen and oxygen atoms in total. The van der Waals surface area contributed by atoms with Crippen molar-refractivity contribution in [1.29, 1.82) is 0 Å². The molecule has 5 N–H and O–H groups in total. The second-order valence-corrected chi connectivity index (χ2v) is 16.7. The van der Waals surface area contributed by atoms with Gasteiger partial charge in [-0.15, -0.1) is 22.7 Å². The Bertz CT molecular complexity index is 1630. The van der Waals surface area contributed by atoms with E-state index in [9.17, 15) is 9.59 Å². The second-order valence-electron chi connectivity index (χ2n) is 14.8. The summed E-state index contributed by atoms with van der Waals surface area (Å²) in [6.07, 6.45) is 7.09. The molecule has 2 fully saturated rings. The van der Waals surface area contributed by atoms with E-state index in [4.69, 9.17) is 25.0 Å². The maximum atomic E-state index is 12.9. The first kappa shape index (κ1) is 37.6. The van der Waals surface area contributed by atoms with Crippen LogP contribution in [0.25, 0.3) is 5.57 Å². The van der Waals surface area contributed by atoms with E-state index in [1.165, 1.54) is 11.3 Å². The Kier molecular flexibility index (Phi) is 11.5. The van der Waals surface area contributed by atoms with Gasteiger partial charge in [0.2, 0.25) is 0 Å². The molecule has 2 aromatic rings. The van der Waals surface area contributed by atoms with Crippen LogP contribution in [0.1, 0.15) is 83.3 Å². The summed E-state index contributed by atoms with van der Waals surface area (Å²) in [6, 6.07) is 3.66. The third-order valence-corrected chi connectivity index (χ3v) is 10.1. The highest BCUT2D eigenvalue weighted by molar-refractivity contribution is 7.11. The monoisotopic (exact) mass is 725 g/mol. The number of hydrogen-bond donors (Lipinski definition) is 4. The molecule has 0 saturated carbocycles. The number of ether oxygens (including phenoxy) is 3. The van der Waals surface area contributed by atoms with Crippen LogP contribution in [0.4, 0.5) is 9.59 Å². The minimum absolute atomic E-state index is 0.0796. The number of hydrazine groups is 1. The first-order valence-electron chi connectivity index (χ1n) is 16.9. The second kappa shape index (κ2) is 15.3. The molecule has 2 saturated heterocycles. The number of amides is 2. The van der Waals surface area contributed by atoms with Gasteiger partial charge in [-0.25, -0.2) is 20.4 Å². The van der Waals surface area contributed by atoms with Gasteiger partial charge in [-0.05, 0) is 78.3 Å². The summed E-state index contributed by atoms with van der Waals surface area (Å²) in [5.41, 5.74) is 2.29. The van der Waals surface area contributed by atoms with Crippen LogP contribution in [0.3, 0.4) is 0 Å². The van der Waals surface area contributed by atoms with Gasteiger partial charge < -0.3 is 29.4 Å². The minimum Gasteiger partial charge on any atom is -0.444 e. The number of thiophene rings is 1. The van der Waals surface area contributed by atoms with Crippen molar-refractivity contribution in [3.63, 3.8) is 0 Å². The van der Waals surface area contributed by atoms with Gasteiger partial charge in [0.05, 0.1) is 19.2 Å². The van der Waals surface area contributed by atoms with Crippen LogP contribution in [-0.4, -0.2) is 70.1 Å². The van der Waals surface area contributed by atoms with Gasteiger partial charge in [0.1, 0.15) is 21.9 Å². The predicted molar refractivity (Wildman–Crippen MR) is 198 cm³/mol. The molecule has 14 heteroatoms. The van der Waals surface area contributed by atoms with Gasteiger partial charge in [-0.3, -0.25) is 10.6 Å². The Hall–Kier alpha value is -3.69. The van der Waals surface area contributed by atoms with E-state index in [1.54, 1.807) is 22.4 Å². The lowest BCUT2D eigenvalue weighted by molar-refractivity contribution is 0.0477. The first-order chi connectivity index (χ1) is 23.5. The number of aromatic nitrogens is 1. The van der Waals surface area contributed by atoms with E-state index >= 15 is 0 Å². The molecule has 1 aliphatic carbocycles. The molecule has 0 aromatic carbocycles. The van der Waals surface area contributed by atoms with Crippen molar-refractivity contribution >= 4 is 40.4 Å². The highest BCUT2D eigenvalue weighted by Crippen LogP contribution is 2.41. The van der Waals surface area contributed by atoms with E-state index in [2.05, 4.69) is 33.5 Å². The smallest absolute Gasteiger partial charge is 0.411 e. The van der Waals surface area contributed by atoms with Crippen LogP contribution in [0.15, 0.2) is 64.8 Å². The van der Waals surface area contributed by atoms with Crippen LogP contribution >= 0.6 is 22.7 Å². The Morgan fingerprint density at radius 1 is 1.20 bits per heavy atom. The maximum absolute atomic E-state index is 12.9. The van der Waals surface area contributed by atoms with Gasteiger partial charge in [0, 0.05) is 59.0 Å². The lowest BCUT2D eigenvalue weighted by Gasteiger charge is -2.42. The number of thiazole rings is 1. The van der Waals surface area contributed by atoms with Crippen LogP contribution in [0.2, 0.25) is 0 Å². The molecule has 2 amide bonds. The Morgan fingerprint density at radius 3 is 2.56 bits per heavy atom. The molecule has 50 heavy (non-hydrogen) atoms. The Morgan fingerprint density at radius 2 is 1.92 bits per heavy atom. The number of nitrogens with two attached hydrogens (primary N) is 1. The van der Waals surface area contributed by atoms with Crippen LogP contribution in [0.5, 0.6) is 0 Å². The topological polar surface area (TPSA) is 147 Å². The van der Waals surface area contributed by atoms with Crippen molar-refractivity contribution in [1.82, 2.24) is 30.8 Å². The summed E-state index contributed by atoms with van der Waals surface area (Å²) in [4.78, 5) is 34.0. The van der Waals surface area contributed by atoms with Gasteiger partial charge in [0.25, 0.3) is 0 Å². The Balaban J connectivity index is 1.37. The summed E-state index contributed by atoms with van der Waals surface area (Å²) < 4.78 is 17.3. The van der Waals surface area contributed by atoms with Crippen LogP contribution in [-0.2, 0) is 26.5 Å². The average Bonchev–Trinajstić information content (AvgIpc) is 3.35. The number of rotatable bonds is 11. The van der Waals surface area contributed by atoms with Gasteiger partial charge in [-0.1, -0.05) is 24.8 Å². The number of nitrogens with zero attached hydrogens (tertiary/aromatic N) is 3. The standard InChI is InChI=1S/C36H51N7O5S2/c1-9-24(18-43(37)20-26-13-11-17-49-26)31-40-29(21-50-31)36(22-46-36)41-30-23(2)27(39-33(45)48-35(6,7)8)14-15-28(30)42-16-10-12-25(19-42)38-32(44)47-34(3,4)5/h9,11,13,15,17-18,21,25,30,41H,1,10,12,14,16,19-20,22,37H2,2-8H3,(H,38,44)(H,39,45). The molecule has 4 heterocycles. The average molecular weight is 726 g/mol. The van der Waals surface area contributed by atoms with Crippen molar-refractivity contribution in [3.05, 3.63) is 80.4 Å². The summed E-state index contributed by atoms with van der Waals surface area (Å²) in [5.74, 6) is 6.32. The van der Waals surface area contributed by atoms with Gasteiger partial charge in [-0.2, -0.15) is 0 Å². The van der Waals surface area contributed by atoms with E-state index in [0.29, 0.717) is 26.1 Å². The van der Waals surface area contributed by atoms with Crippen LogP contribution in [0, 0.1) is 0 Å². The van der Waals surface area contributed by atoms with Crippen molar-refractivity contribution in [2.75, 3.05) is 19.7 Å². The third-order valence-electron chi connectivity index (χ3n) is 8.30. The zero-order valence-electron chi connectivity index (χ0n) is 30.1. The van der Waals surface area contributed by atoms with Gasteiger partial charge in [0.15, 0.2) is 5.72 Å². The maximum Gasteiger partial charge on any atom is 0.411 e. The molecule has 2 aromatic heterocycles. The number of piperidine rings is 1. The molecule has 3 atom stereocenters. The molecule has 3 aliphatic rings. The molecular weight excluding hydrogens is 675 g/mol. The molecule has 3 unspecified atom stereocenters. The van der Waals surface area contributed by atoms with E-state index < -0.39 is 29.1 Å². The number of nitrogens with one attached hydrogen (secondary N) is 3. The highest BCUT2D eigenvalue weighted by Gasteiger charge is 2.51. The number of likely N-dealkylation sites (tertiary alicyclic amines) is 1. The molecule has 0 bridgehead atoms. The van der Waals surface area contributed by atoms with E-state index in [-0.39, 0.29) is 12.1 Å². The molecule has 0 radical (unpaired) electrons. The zero-order valence-corrected chi connectivity index (χ0v) is 31.8. The largest absolute Gasteiger partial charge is 0.444 e. The van der Waals surface area contributed by atoms with Crippen molar-refractivity contribution in [2.45, 2.75) is 103 Å². The van der Waals surface area contributed by atoms with Crippen LogP contribution < -0.4 is 21.8 Å². The summed E-state index contributed by atoms with van der Waals surface area (Å²) >= 11 is 3.16. The van der Waals surface area contributed by atoms with E-state index in [1.807, 2.05) is 77.6 Å². The zero-order chi connectivity index (χ0) is 36.3. The number of epoxide rings is 1. The fraction of sp³-hybridized carbons (Fsp3) is 0.528. The number of hydrogen-bond acceptors (Lipinski definition) is 12. The molecule has 2 aliphatic heterocycles. The minimum atomic E-state index is -0.830. The molecular formula is C36H51N7O5S2. The third kappa shape index (κ3) is 9.97. The summed E-state index contributed by atoms with van der Waals surface area (Å²) in [5, 5.41) is 16.3.